The Balaban J connectivity index is 2.04. The molecule has 6 heteroatoms. The number of nitrogens with zero attached hydrogens (tertiary/aromatic N) is 3. The first-order chi connectivity index (χ1) is 11.7. The minimum Gasteiger partial charge on any atom is -0.463 e. The van der Waals surface area contributed by atoms with Gasteiger partial charge in [-0.2, -0.15) is 0 Å². The number of anilines is 1. The Bertz CT molecular complexity index is 963. The van der Waals surface area contributed by atoms with E-state index >= 15 is 0 Å². The number of rotatable bonds is 3. The number of aromatic nitrogens is 3. The summed E-state index contributed by atoms with van der Waals surface area (Å²) in [7, 11) is 0. The molecule has 0 amide bonds. The largest absolute Gasteiger partial charge is 0.463 e. The van der Waals surface area contributed by atoms with Gasteiger partial charge in [-0.25, -0.2) is 9.97 Å². The summed E-state index contributed by atoms with van der Waals surface area (Å²) in [6.07, 6.45) is 5.63. The lowest BCUT2D eigenvalue weighted by Gasteiger charge is -2.08. The fourth-order valence-electron chi connectivity index (χ4n) is 2.28. The van der Waals surface area contributed by atoms with Crippen LogP contribution in [0.4, 0.5) is 5.95 Å². The normalized spacial score (nSPS) is 10.2. The molecule has 0 saturated heterocycles. The highest BCUT2D eigenvalue weighted by atomic mass is 16.3. The zero-order chi connectivity index (χ0) is 16.9. The molecule has 0 spiro atoms. The van der Waals surface area contributed by atoms with Gasteiger partial charge in [0, 0.05) is 30.4 Å². The first-order valence-electron chi connectivity index (χ1n) is 7.52. The quantitative estimate of drug-likeness (QED) is 0.749. The van der Waals surface area contributed by atoms with Gasteiger partial charge in [0.05, 0.1) is 12.8 Å². The van der Waals surface area contributed by atoms with Gasteiger partial charge in [-0.05, 0) is 23.8 Å². The van der Waals surface area contributed by atoms with Gasteiger partial charge < -0.3 is 14.7 Å². The van der Waals surface area contributed by atoms with Gasteiger partial charge in [0.1, 0.15) is 5.69 Å². The summed E-state index contributed by atoms with van der Waals surface area (Å²) in [5.41, 5.74) is 7.48. The molecule has 6 nitrogen and oxygen atoms in total. The van der Waals surface area contributed by atoms with Gasteiger partial charge in [-0.3, -0.25) is 4.79 Å². The highest BCUT2D eigenvalue weighted by Crippen LogP contribution is 2.29. The highest BCUT2D eigenvalue weighted by Gasteiger charge is 2.13. The topological polar surface area (TPSA) is 86.9 Å². The van der Waals surface area contributed by atoms with Crippen LogP contribution in [0.3, 0.4) is 0 Å². The third kappa shape index (κ3) is 3.20. The van der Waals surface area contributed by atoms with Crippen LogP contribution in [-0.4, -0.2) is 14.5 Å². The van der Waals surface area contributed by atoms with E-state index in [9.17, 15) is 4.79 Å². The lowest BCUT2D eigenvalue weighted by Crippen LogP contribution is -2.18. The molecule has 24 heavy (non-hydrogen) atoms. The second-order valence-corrected chi connectivity index (χ2v) is 5.06. The van der Waals surface area contributed by atoms with Crippen LogP contribution in [0.2, 0.25) is 0 Å². The van der Waals surface area contributed by atoms with E-state index in [0.29, 0.717) is 29.1 Å². The second-order valence-electron chi connectivity index (χ2n) is 5.06. The average Bonchev–Trinajstić information content (AvgIpc) is 3.11. The Morgan fingerprint density at radius 1 is 1.33 bits per heavy atom. The molecular formula is C18H16N4O2. The molecule has 0 unspecified atom stereocenters. The Kier molecular flexibility index (Phi) is 4.43. The summed E-state index contributed by atoms with van der Waals surface area (Å²) in [4.78, 5) is 20.6. The molecular weight excluding hydrogens is 304 g/mol. The summed E-state index contributed by atoms with van der Waals surface area (Å²) in [5, 5.41) is 0. The molecule has 0 atom stereocenters. The molecule has 0 saturated carbocycles. The number of hydrogen-bond acceptors (Lipinski definition) is 5. The molecule has 0 aromatic carbocycles. The van der Waals surface area contributed by atoms with E-state index < -0.39 is 0 Å². The van der Waals surface area contributed by atoms with Crippen LogP contribution >= 0.6 is 0 Å². The zero-order valence-corrected chi connectivity index (χ0v) is 13.2. The smallest absolute Gasteiger partial charge is 0.251 e. The number of pyridine rings is 1. The van der Waals surface area contributed by atoms with Crippen molar-refractivity contribution in [1.82, 2.24) is 14.5 Å². The summed E-state index contributed by atoms with van der Waals surface area (Å²) < 4.78 is 6.96. The predicted molar refractivity (Wildman–Crippen MR) is 91.9 cm³/mol. The lowest BCUT2D eigenvalue weighted by atomic mass is 10.1. The van der Waals surface area contributed by atoms with E-state index in [4.69, 9.17) is 10.2 Å². The van der Waals surface area contributed by atoms with Crippen molar-refractivity contribution in [2.45, 2.75) is 19.9 Å². The summed E-state index contributed by atoms with van der Waals surface area (Å²) >= 11 is 0. The van der Waals surface area contributed by atoms with Crippen molar-refractivity contribution in [2.24, 2.45) is 0 Å². The maximum absolute atomic E-state index is 12.3. The third-order valence-electron chi connectivity index (χ3n) is 3.42. The lowest BCUT2D eigenvalue weighted by molar-refractivity contribution is 0.580. The number of furan rings is 1. The monoisotopic (exact) mass is 320 g/mol. The van der Waals surface area contributed by atoms with E-state index in [1.807, 2.05) is 13.0 Å². The predicted octanol–water partition coefficient (Wildman–Crippen LogP) is 2.56. The SMILES string of the molecule is CCC#CCn1ccc(-c2cnc(N)nc2-c2ccco2)cc1=O. The van der Waals surface area contributed by atoms with Crippen molar-refractivity contribution in [3.63, 3.8) is 0 Å². The number of nitrogens with two attached hydrogens (primary N) is 1. The summed E-state index contributed by atoms with van der Waals surface area (Å²) in [5.74, 6) is 6.61. The van der Waals surface area contributed by atoms with Gasteiger partial charge in [-0.15, -0.1) is 5.92 Å². The molecule has 0 radical (unpaired) electrons. The van der Waals surface area contributed by atoms with Crippen LogP contribution in [0.15, 0.2) is 52.1 Å². The standard InChI is InChI=1S/C18H16N4O2/c1-2-3-4-8-22-9-7-13(11-16(22)23)14-12-20-18(19)21-17(14)15-6-5-10-24-15/h5-7,9-12H,2,8H2,1H3,(H2,19,20,21). The third-order valence-corrected chi connectivity index (χ3v) is 3.42. The molecule has 0 fully saturated rings. The first kappa shape index (κ1) is 15.6. The summed E-state index contributed by atoms with van der Waals surface area (Å²) in [6, 6.07) is 6.92. The van der Waals surface area contributed by atoms with Gasteiger partial charge >= 0.3 is 0 Å². The fourth-order valence-corrected chi connectivity index (χ4v) is 2.28. The molecule has 3 aromatic rings. The van der Waals surface area contributed by atoms with Crippen LogP contribution in [0.5, 0.6) is 0 Å². The summed E-state index contributed by atoms with van der Waals surface area (Å²) in [6.45, 7) is 2.34. The van der Waals surface area contributed by atoms with Crippen LogP contribution < -0.4 is 11.3 Å². The molecule has 120 valence electrons. The zero-order valence-electron chi connectivity index (χ0n) is 13.2. The second kappa shape index (κ2) is 6.84. The Morgan fingerprint density at radius 3 is 2.92 bits per heavy atom. The maximum Gasteiger partial charge on any atom is 0.251 e. The minimum atomic E-state index is -0.139. The molecule has 0 aliphatic rings. The van der Waals surface area contributed by atoms with Crippen molar-refractivity contribution in [2.75, 3.05) is 5.73 Å². The van der Waals surface area contributed by atoms with E-state index in [-0.39, 0.29) is 11.5 Å². The van der Waals surface area contributed by atoms with Gasteiger partial charge in [0.2, 0.25) is 5.95 Å². The average molecular weight is 320 g/mol. The molecule has 0 aliphatic carbocycles. The van der Waals surface area contributed by atoms with Crippen molar-refractivity contribution in [3.05, 3.63) is 53.3 Å². The molecule has 0 bridgehead atoms. The van der Waals surface area contributed by atoms with Crippen molar-refractivity contribution >= 4 is 5.95 Å². The molecule has 2 N–H and O–H groups in total. The van der Waals surface area contributed by atoms with E-state index in [2.05, 4.69) is 21.8 Å². The first-order valence-corrected chi connectivity index (χ1v) is 7.52. The molecule has 3 aromatic heterocycles. The number of hydrogen-bond donors (Lipinski definition) is 1. The van der Waals surface area contributed by atoms with Crippen LogP contribution in [-0.2, 0) is 6.54 Å². The van der Waals surface area contributed by atoms with Gasteiger partial charge in [-0.1, -0.05) is 12.8 Å². The number of nitrogen functional groups attached to an aromatic ring is 1. The fraction of sp³-hybridized carbons (Fsp3) is 0.167. The molecule has 3 heterocycles. The van der Waals surface area contributed by atoms with E-state index in [0.717, 1.165) is 6.42 Å². The van der Waals surface area contributed by atoms with Crippen molar-refractivity contribution < 1.29 is 4.42 Å². The van der Waals surface area contributed by atoms with Crippen LogP contribution in [0.1, 0.15) is 13.3 Å². The minimum absolute atomic E-state index is 0.139. The van der Waals surface area contributed by atoms with Gasteiger partial charge in [0.25, 0.3) is 5.56 Å². The Hall–Kier alpha value is -3.33. The Morgan fingerprint density at radius 2 is 2.21 bits per heavy atom. The Labute approximate surface area is 139 Å². The molecule has 3 rings (SSSR count). The maximum atomic E-state index is 12.3. The van der Waals surface area contributed by atoms with Crippen LogP contribution in [0, 0.1) is 11.8 Å². The van der Waals surface area contributed by atoms with Crippen molar-refractivity contribution in [3.8, 4) is 34.4 Å². The highest BCUT2D eigenvalue weighted by molar-refractivity contribution is 5.78. The van der Waals surface area contributed by atoms with E-state index in [1.54, 1.807) is 35.4 Å². The van der Waals surface area contributed by atoms with Crippen molar-refractivity contribution in [1.29, 1.82) is 0 Å². The van der Waals surface area contributed by atoms with Crippen LogP contribution in [0.25, 0.3) is 22.6 Å². The van der Waals surface area contributed by atoms with E-state index in [1.165, 1.54) is 6.07 Å². The van der Waals surface area contributed by atoms with Gasteiger partial charge in [0.15, 0.2) is 5.76 Å². The molecule has 0 aliphatic heterocycles.